The van der Waals surface area contributed by atoms with E-state index >= 15 is 0 Å². The number of esters is 1. The van der Waals surface area contributed by atoms with Gasteiger partial charge in [-0.2, -0.15) is 4.31 Å². The molecule has 0 spiro atoms. The number of benzene rings is 2. The van der Waals surface area contributed by atoms with E-state index in [0.29, 0.717) is 31.8 Å². The van der Waals surface area contributed by atoms with Gasteiger partial charge in [0.05, 0.1) is 12.0 Å². The van der Waals surface area contributed by atoms with Crippen LogP contribution in [0.25, 0.3) is 11.4 Å². The summed E-state index contributed by atoms with van der Waals surface area (Å²) >= 11 is 0. The number of piperidine rings is 1. The number of sulfonamides is 1. The Balaban J connectivity index is 1.14. The highest BCUT2D eigenvalue weighted by Crippen LogP contribution is 2.27. The lowest BCUT2D eigenvalue weighted by atomic mass is 9.96. The second-order valence-corrected chi connectivity index (χ2v) is 13.7. The lowest BCUT2D eigenvalue weighted by molar-refractivity contribution is -0.146. The van der Waals surface area contributed by atoms with E-state index in [-0.39, 0.29) is 30.2 Å². The largest absolute Gasteiger partial charge is 0.467 e. The molecule has 3 aromatic rings. The standard InChI is InChI=1S/C33H41N5O6S/c1-24-10-12-27(13-11-24)45(42,43)38-19-6-9-29(38)32(40)35-28(33(41)44-2)14-15-30(39)36-20-16-25(17-21-36)23-37-22-18-34-31(37)26-7-4-3-5-8-26/h3-5,7-8,10-13,18,22,25,28-29H,6,9,14-17,19-21,23H2,1-2H3,(H,35,40)/t28-,29-/m0/s1. The third kappa shape index (κ3) is 7.62. The van der Waals surface area contributed by atoms with Crippen LogP contribution in [0.3, 0.4) is 0 Å². The van der Waals surface area contributed by atoms with Gasteiger partial charge in [0.15, 0.2) is 0 Å². The number of rotatable bonds is 11. The van der Waals surface area contributed by atoms with Crippen molar-refractivity contribution in [3.05, 3.63) is 72.6 Å². The predicted octanol–water partition coefficient (Wildman–Crippen LogP) is 3.39. The van der Waals surface area contributed by atoms with Crippen LogP contribution in [0.1, 0.15) is 44.1 Å². The number of aromatic nitrogens is 2. The molecule has 0 unspecified atom stereocenters. The molecular weight excluding hydrogens is 594 g/mol. The minimum atomic E-state index is -3.90. The summed E-state index contributed by atoms with van der Waals surface area (Å²) in [6, 6.07) is 14.5. The number of carbonyl (C=O) groups excluding carboxylic acids is 3. The summed E-state index contributed by atoms with van der Waals surface area (Å²) in [4.78, 5) is 45.5. The molecule has 1 aromatic heterocycles. The number of ether oxygens (including phenoxy) is 1. The maximum absolute atomic E-state index is 13.3. The molecule has 2 amide bonds. The van der Waals surface area contributed by atoms with Gasteiger partial charge in [-0.15, -0.1) is 0 Å². The Hall–Kier alpha value is -4.03. The Morgan fingerprint density at radius 2 is 1.71 bits per heavy atom. The van der Waals surface area contributed by atoms with E-state index in [9.17, 15) is 22.8 Å². The molecule has 0 radical (unpaired) electrons. The van der Waals surface area contributed by atoms with Gasteiger partial charge in [-0.3, -0.25) is 9.59 Å². The highest BCUT2D eigenvalue weighted by molar-refractivity contribution is 7.89. The van der Waals surface area contributed by atoms with Gasteiger partial charge in [-0.05, 0) is 57.1 Å². The Kier molecular flexibility index (Phi) is 10.3. The van der Waals surface area contributed by atoms with Crippen LogP contribution >= 0.6 is 0 Å². The number of hydrogen-bond acceptors (Lipinski definition) is 7. The number of likely N-dealkylation sites (tertiary alicyclic amines) is 1. The Morgan fingerprint density at radius 3 is 2.40 bits per heavy atom. The van der Waals surface area contributed by atoms with Gasteiger partial charge in [-0.25, -0.2) is 18.2 Å². The topological polar surface area (TPSA) is 131 Å². The molecule has 2 aliphatic heterocycles. The predicted molar refractivity (Wildman–Crippen MR) is 168 cm³/mol. The maximum atomic E-state index is 13.3. The summed E-state index contributed by atoms with van der Waals surface area (Å²) in [5.41, 5.74) is 1.99. The molecule has 2 fully saturated rings. The number of amides is 2. The normalized spacial score (nSPS) is 18.4. The van der Waals surface area contributed by atoms with E-state index in [1.54, 1.807) is 12.1 Å². The first-order chi connectivity index (χ1) is 21.7. The number of methoxy groups -OCH3 is 1. The van der Waals surface area contributed by atoms with E-state index in [0.717, 1.165) is 36.3 Å². The highest BCUT2D eigenvalue weighted by atomic mass is 32.2. The molecule has 11 nitrogen and oxygen atoms in total. The number of nitrogens with one attached hydrogen (secondary N) is 1. The molecule has 2 aliphatic rings. The Labute approximate surface area is 264 Å². The molecule has 12 heteroatoms. The van der Waals surface area contributed by atoms with Gasteiger partial charge in [-0.1, -0.05) is 48.0 Å². The van der Waals surface area contributed by atoms with Gasteiger partial charge in [0.2, 0.25) is 21.8 Å². The van der Waals surface area contributed by atoms with E-state index < -0.39 is 34.0 Å². The maximum Gasteiger partial charge on any atom is 0.328 e. The summed E-state index contributed by atoms with van der Waals surface area (Å²) in [6.45, 7) is 4.12. The van der Waals surface area contributed by atoms with Crippen molar-refractivity contribution in [2.45, 2.75) is 69.0 Å². The van der Waals surface area contributed by atoms with Crippen LogP contribution in [-0.4, -0.2) is 83.8 Å². The van der Waals surface area contributed by atoms with Crippen molar-refractivity contribution >= 4 is 27.8 Å². The van der Waals surface area contributed by atoms with E-state index in [1.807, 2.05) is 54.5 Å². The van der Waals surface area contributed by atoms with Crippen molar-refractivity contribution in [1.82, 2.24) is 24.1 Å². The number of hydrogen-bond donors (Lipinski definition) is 1. The number of aryl methyl sites for hydroxylation is 1. The van der Waals surface area contributed by atoms with E-state index in [2.05, 4.69) is 14.9 Å². The summed E-state index contributed by atoms with van der Waals surface area (Å²) in [5.74, 6) is 0.00191. The summed E-state index contributed by atoms with van der Waals surface area (Å²) in [7, 11) is -2.68. The first-order valence-corrected chi connectivity index (χ1v) is 16.9. The fraction of sp³-hybridized carbons (Fsp3) is 0.455. The number of carbonyl (C=O) groups is 3. The second-order valence-electron chi connectivity index (χ2n) is 11.8. The molecule has 240 valence electrons. The van der Waals surface area contributed by atoms with Crippen molar-refractivity contribution in [2.75, 3.05) is 26.7 Å². The molecular formula is C33H41N5O6S. The molecule has 2 atom stereocenters. The minimum Gasteiger partial charge on any atom is -0.467 e. The third-order valence-electron chi connectivity index (χ3n) is 8.75. The molecule has 1 N–H and O–H groups in total. The van der Waals surface area contributed by atoms with Gasteiger partial charge >= 0.3 is 5.97 Å². The van der Waals surface area contributed by atoms with Crippen molar-refractivity contribution in [2.24, 2.45) is 5.92 Å². The van der Waals surface area contributed by atoms with Crippen LogP contribution in [-0.2, 0) is 35.7 Å². The fourth-order valence-corrected chi connectivity index (χ4v) is 7.82. The van der Waals surface area contributed by atoms with Gasteiger partial charge in [0, 0.05) is 50.6 Å². The van der Waals surface area contributed by atoms with Crippen LogP contribution in [0.15, 0.2) is 71.9 Å². The lowest BCUT2D eigenvalue weighted by Gasteiger charge is -2.33. The minimum absolute atomic E-state index is 0.0560. The van der Waals surface area contributed by atoms with E-state index in [4.69, 9.17) is 4.74 Å². The molecule has 3 heterocycles. The molecule has 45 heavy (non-hydrogen) atoms. The first-order valence-electron chi connectivity index (χ1n) is 15.5. The van der Waals surface area contributed by atoms with E-state index in [1.165, 1.54) is 23.5 Å². The van der Waals surface area contributed by atoms with Crippen LogP contribution < -0.4 is 5.32 Å². The van der Waals surface area contributed by atoms with Gasteiger partial charge < -0.3 is 19.5 Å². The first kappa shape index (κ1) is 32.4. The average Bonchev–Trinajstić information content (AvgIpc) is 3.74. The zero-order valence-electron chi connectivity index (χ0n) is 25.8. The molecule has 0 aliphatic carbocycles. The second kappa shape index (κ2) is 14.4. The number of nitrogens with zero attached hydrogens (tertiary/aromatic N) is 4. The summed E-state index contributed by atoms with van der Waals surface area (Å²) in [6.07, 6.45) is 6.48. The van der Waals surface area contributed by atoms with Crippen LogP contribution in [0.4, 0.5) is 0 Å². The van der Waals surface area contributed by atoms with Gasteiger partial charge in [0.25, 0.3) is 0 Å². The summed E-state index contributed by atoms with van der Waals surface area (Å²) < 4.78 is 34.9. The zero-order valence-corrected chi connectivity index (χ0v) is 26.6. The highest BCUT2D eigenvalue weighted by Gasteiger charge is 2.40. The van der Waals surface area contributed by atoms with Crippen LogP contribution in [0.2, 0.25) is 0 Å². The summed E-state index contributed by atoms with van der Waals surface area (Å²) in [5, 5.41) is 2.68. The monoisotopic (exact) mass is 635 g/mol. The van der Waals surface area contributed by atoms with Gasteiger partial charge in [0.1, 0.15) is 17.9 Å². The third-order valence-corrected chi connectivity index (χ3v) is 10.7. The molecule has 2 aromatic carbocycles. The average molecular weight is 636 g/mol. The number of imidazole rings is 1. The quantitative estimate of drug-likeness (QED) is 0.320. The van der Waals surface area contributed by atoms with Crippen molar-refractivity contribution in [3.8, 4) is 11.4 Å². The molecule has 2 saturated heterocycles. The SMILES string of the molecule is COC(=O)[C@H](CCC(=O)N1CCC(Cn2ccnc2-c2ccccc2)CC1)NC(=O)[C@@H]1CCCN1S(=O)(=O)c1ccc(C)cc1. The molecule has 0 bridgehead atoms. The zero-order chi connectivity index (χ0) is 32.0. The molecule has 5 rings (SSSR count). The Bertz CT molecular complexity index is 1580. The Morgan fingerprint density at radius 1 is 1.00 bits per heavy atom. The van der Waals surface area contributed by atoms with Crippen LogP contribution in [0, 0.1) is 12.8 Å². The lowest BCUT2D eigenvalue weighted by Crippen LogP contribution is -2.51. The van der Waals surface area contributed by atoms with Crippen LogP contribution in [0.5, 0.6) is 0 Å². The van der Waals surface area contributed by atoms with Crippen molar-refractivity contribution < 1.29 is 27.5 Å². The van der Waals surface area contributed by atoms with Crippen molar-refractivity contribution in [1.29, 1.82) is 0 Å². The smallest absolute Gasteiger partial charge is 0.328 e. The van der Waals surface area contributed by atoms with Crippen molar-refractivity contribution in [3.63, 3.8) is 0 Å². The molecule has 0 saturated carbocycles. The fourth-order valence-electron chi connectivity index (χ4n) is 6.17.